The fourth-order valence-corrected chi connectivity index (χ4v) is 3.83. The molecule has 1 saturated heterocycles. The number of aryl methyl sites for hydroxylation is 1. The SMILES string of the molecule is CCc1nnc(NC(=O)CN2CCN(Cc3ccc(Cl)c(Cl)c3)CC2)s1. The molecule has 1 aliphatic heterocycles. The van der Waals surface area contributed by atoms with Gasteiger partial charge in [-0.2, -0.15) is 0 Å². The second-order valence-corrected chi connectivity index (χ2v) is 8.08. The van der Waals surface area contributed by atoms with Crippen molar-refractivity contribution in [1.82, 2.24) is 20.0 Å². The zero-order valence-corrected chi connectivity index (χ0v) is 16.9. The van der Waals surface area contributed by atoms with Gasteiger partial charge in [-0.1, -0.05) is 47.5 Å². The average molecular weight is 414 g/mol. The lowest BCUT2D eigenvalue weighted by Gasteiger charge is -2.34. The molecule has 26 heavy (non-hydrogen) atoms. The van der Waals surface area contributed by atoms with Crippen LogP contribution in [0.4, 0.5) is 5.13 Å². The van der Waals surface area contributed by atoms with Crippen LogP contribution in [0.25, 0.3) is 0 Å². The van der Waals surface area contributed by atoms with Crippen molar-refractivity contribution in [2.75, 3.05) is 38.0 Å². The maximum Gasteiger partial charge on any atom is 0.240 e. The van der Waals surface area contributed by atoms with Crippen molar-refractivity contribution < 1.29 is 4.79 Å². The lowest BCUT2D eigenvalue weighted by atomic mass is 10.2. The number of halogens is 2. The Balaban J connectivity index is 1.43. The minimum atomic E-state index is -0.0401. The Morgan fingerprint density at radius 1 is 1.15 bits per heavy atom. The third kappa shape index (κ3) is 5.37. The number of anilines is 1. The summed E-state index contributed by atoms with van der Waals surface area (Å²) in [5.41, 5.74) is 1.15. The van der Waals surface area contributed by atoms with Crippen LogP contribution in [0.2, 0.25) is 10.0 Å². The maximum atomic E-state index is 12.2. The van der Waals surface area contributed by atoms with Gasteiger partial charge in [0.15, 0.2) is 0 Å². The lowest BCUT2D eigenvalue weighted by Crippen LogP contribution is -2.48. The molecule has 0 spiro atoms. The van der Waals surface area contributed by atoms with Crippen LogP contribution in [0, 0.1) is 0 Å². The molecule has 1 aliphatic rings. The van der Waals surface area contributed by atoms with Crippen molar-refractivity contribution >= 4 is 45.6 Å². The molecule has 1 N–H and O–H groups in total. The van der Waals surface area contributed by atoms with Crippen molar-refractivity contribution in [1.29, 1.82) is 0 Å². The smallest absolute Gasteiger partial charge is 0.240 e. The summed E-state index contributed by atoms with van der Waals surface area (Å²) in [5.74, 6) is -0.0401. The summed E-state index contributed by atoms with van der Waals surface area (Å²) < 4.78 is 0. The number of hydrogen-bond acceptors (Lipinski definition) is 6. The van der Waals surface area contributed by atoms with Gasteiger partial charge in [-0.3, -0.25) is 19.9 Å². The number of carbonyl (C=O) groups excluding carboxylic acids is 1. The number of carbonyl (C=O) groups is 1. The summed E-state index contributed by atoms with van der Waals surface area (Å²) in [5, 5.41) is 13.5. The molecule has 0 aliphatic carbocycles. The highest BCUT2D eigenvalue weighted by molar-refractivity contribution is 7.15. The summed E-state index contributed by atoms with van der Waals surface area (Å²) in [6.07, 6.45) is 0.828. The molecule has 6 nitrogen and oxygen atoms in total. The van der Waals surface area contributed by atoms with E-state index in [1.807, 2.05) is 25.1 Å². The van der Waals surface area contributed by atoms with Gasteiger partial charge in [0.05, 0.1) is 16.6 Å². The molecule has 2 aromatic rings. The van der Waals surface area contributed by atoms with E-state index in [-0.39, 0.29) is 5.91 Å². The number of aromatic nitrogens is 2. The molecule has 0 bridgehead atoms. The maximum absolute atomic E-state index is 12.2. The highest BCUT2D eigenvalue weighted by atomic mass is 35.5. The molecule has 0 atom stereocenters. The molecule has 9 heteroatoms. The summed E-state index contributed by atoms with van der Waals surface area (Å²) in [6, 6.07) is 5.74. The van der Waals surface area contributed by atoms with Crippen LogP contribution in [0.15, 0.2) is 18.2 Å². The first kappa shape index (κ1) is 19.5. The van der Waals surface area contributed by atoms with Gasteiger partial charge >= 0.3 is 0 Å². The monoisotopic (exact) mass is 413 g/mol. The fraction of sp³-hybridized carbons (Fsp3) is 0.471. The third-order valence-electron chi connectivity index (χ3n) is 4.24. The summed E-state index contributed by atoms with van der Waals surface area (Å²) in [6.45, 7) is 6.75. The van der Waals surface area contributed by atoms with Crippen LogP contribution in [0.3, 0.4) is 0 Å². The molecular weight excluding hydrogens is 393 g/mol. The molecule has 2 heterocycles. The van der Waals surface area contributed by atoms with Gasteiger partial charge < -0.3 is 0 Å². The van der Waals surface area contributed by atoms with E-state index < -0.39 is 0 Å². The highest BCUT2D eigenvalue weighted by Gasteiger charge is 2.20. The molecule has 1 amide bonds. The number of rotatable bonds is 6. The first-order chi connectivity index (χ1) is 12.5. The Hall–Kier alpha value is -1.25. The van der Waals surface area contributed by atoms with E-state index in [9.17, 15) is 4.79 Å². The van der Waals surface area contributed by atoms with Crippen LogP contribution in [0.5, 0.6) is 0 Å². The van der Waals surface area contributed by atoms with Gasteiger partial charge in [0.1, 0.15) is 5.01 Å². The minimum absolute atomic E-state index is 0.0401. The van der Waals surface area contributed by atoms with Gasteiger partial charge in [0.25, 0.3) is 0 Å². The molecule has 0 saturated carbocycles. The molecular formula is C17H21Cl2N5OS. The molecule has 0 radical (unpaired) electrons. The number of benzene rings is 1. The van der Waals surface area contributed by atoms with Crippen LogP contribution >= 0.6 is 34.5 Å². The van der Waals surface area contributed by atoms with Crippen molar-refractivity contribution in [2.24, 2.45) is 0 Å². The van der Waals surface area contributed by atoms with Gasteiger partial charge in [-0.25, -0.2) is 0 Å². The Bertz CT molecular complexity index is 761. The Morgan fingerprint density at radius 3 is 2.54 bits per heavy atom. The molecule has 140 valence electrons. The van der Waals surface area contributed by atoms with Gasteiger partial charge in [0, 0.05) is 32.7 Å². The standard InChI is InChI=1S/C17H21Cl2N5OS/c1-2-16-21-22-17(26-16)20-15(25)11-24-7-5-23(6-8-24)10-12-3-4-13(18)14(19)9-12/h3-4,9H,2,5-8,10-11H2,1H3,(H,20,22,25). The minimum Gasteiger partial charge on any atom is -0.299 e. The first-order valence-corrected chi connectivity index (χ1v) is 10.1. The Kier molecular flexibility index (Phi) is 6.83. The van der Waals surface area contributed by atoms with Gasteiger partial charge in [-0.15, -0.1) is 10.2 Å². The number of nitrogens with one attached hydrogen (secondary N) is 1. The zero-order chi connectivity index (χ0) is 18.5. The largest absolute Gasteiger partial charge is 0.299 e. The van der Waals surface area contributed by atoms with Crippen LogP contribution in [-0.2, 0) is 17.8 Å². The topological polar surface area (TPSA) is 61.4 Å². The van der Waals surface area contributed by atoms with Crippen LogP contribution in [-0.4, -0.2) is 58.6 Å². The second-order valence-electron chi connectivity index (χ2n) is 6.20. The fourth-order valence-electron chi connectivity index (χ4n) is 2.81. The van der Waals surface area contributed by atoms with Crippen LogP contribution in [0.1, 0.15) is 17.5 Å². The van der Waals surface area contributed by atoms with E-state index >= 15 is 0 Å². The highest BCUT2D eigenvalue weighted by Crippen LogP contribution is 2.23. The quantitative estimate of drug-likeness (QED) is 0.787. The number of piperazine rings is 1. The van der Waals surface area contributed by atoms with Crippen molar-refractivity contribution in [3.8, 4) is 0 Å². The van der Waals surface area contributed by atoms with Gasteiger partial charge in [-0.05, 0) is 24.1 Å². The molecule has 0 unspecified atom stereocenters. The van der Waals surface area contributed by atoms with Crippen molar-refractivity contribution in [3.63, 3.8) is 0 Å². The Labute approximate surface area is 167 Å². The first-order valence-electron chi connectivity index (χ1n) is 8.54. The van der Waals surface area contributed by atoms with Crippen molar-refractivity contribution in [2.45, 2.75) is 19.9 Å². The molecule has 3 rings (SSSR count). The molecule has 1 aromatic carbocycles. The number of hydrogen-bond donors (Lipinski definition) is 1. The van der Waals surface area contributed by atoms with Gasteiger partial charge in [0.2, 0.25) is 11.0 Å². The number of nitrogens with zero attached hydrogens (tertiary/aromatic N) is 4. The lowest BCUT2D eigenvalue weighted by molar-refractivity contribution is -0.117. The predicted octanol–water partition coefficient (Wildman–Crippen LogP) is 3.16. The third-order valence-corrected chi connectivity index (χ3v) is 5.96. The summed E-state index contributed by atoms with van der Waals surface area (Å²) in [7, 11) is 0. The predicted molar refractivity (Wildman–Crippen MR) is 106 cm³/mol. The summed E-state index contributed by atoms with van der Waals surface area (Å²) in [4.78, 5) is 16.7. The van der Waals surface area contributed by atoms with E-state index in [1.165, 1.54) is 11.3 Å². The summed E-state index contributed by atoms with van der Waals surface area (Å²) >= 11 is 13.5. The zero-order valence-electron chi connectivity index (χ0n) is 14.5. The number of amides is 1. The van der Waals surface area contributed by atoms with E-state index in [1.54, 1.807) is 0 Å². The van der Waals surface area contributed by atoms with E-state index in [4.69, 9.17) is 23.2 Å². The normalized spacial score (nSPS) is 16.0. The van der Waals surface area contributed by atoms with Crippen molar-refractivity contribution in [3.05, 3.63) is 38.8 Å². The van der Waals surface area contributed by atoms with E-state index in [2.05, 4.69) is 25.3 Å². The average Bonchev–Trinajstić information content (AvgIpc) is 3.07. The molecule has 1 fully saturated rings. The molecule has 1 aromatic heterocycles. The second kappa shape index (κ2) is 9.10. The van der Waals surface area contributed by atoms with E-state index in [0.29, 0.717) is 21.7 Å². The van der Waals surface area contributed by atoms with E-state index in [0.717, 1.165) is 49.7 Å². The Morgan fingerprint density at radius 2 is 1.88 bits per heavy atom. The van der Waals surface area contributed by atoms with Crippen LogP contribution < -0.4 is 5.32 Å².